The predicted octanol–water partition coefficient (Wildman–Crippen LogP) is 3.10. The Morgan fingerprint density at radius 3 is 2.56 bits per heavy atom. The molecule has 0 fully saturated rings. The van der Waals surface area contributed by atoms with E-state index in [4.69, 9.17) is 16.3 Å². The predicted molar refractivity (Wildman–Crippen MR) is 85.3 cm³/mol. The summed E-state index contributed by atoms with van der Waals surface area (Å²) in [5.74, 6) is 0. The first-order chi connectivity index (χ1) is 11.8. The molecule has 0 spiro atoms. The van der Waals surface area contributed by atoms with Gasteiger partial charge in [0.2, 0.25) is 0 Å². The molecule has 10 heteroatoms. The summed E-state index contributed by atoms with van der Waals surface area (Å²) in [5, 5.41) is 0.447. The smallest absolute Gasteiger partial charge is 0.392 e. The lowest BCUT2D eigenvalue weighted by Crippen LogP contribution is -2.24. The van der Waals surface area contributed by atoms with Crippen molar-refractivity contribution < 1.29 is 17.9 Å². The highest BCUT2D eigenvalue weighted by Crippen LogP contribution is 2.22. The number of alkyl halides is 3. The molecule has 6 nitrogen and oxygen atoms in total. The lowest BCUT2D eigenvalue weighted by atomic mass is 10.3. The van der Waals surface area contributed by atoms with E-state index in [0.29, 0.717) is 10.7 Å². The van der Waals surface area contributed by atoms with E-state index in [1.165, 1.54) is 23.0 Å². The topological polar surface area (TPSA) is 61.9 Å². The third kappa shape index (κ3) is 3.60. The normalized spacial score (nSPS) is 11.9. The number of fused-ring (bicyclic) bond motifs is 1. The van der Waals surface area contributed by atoms with Crippen molar-refractivity contribution >= 4 is 22.8 Å². The molecule has 0 unspecified atom stereocenters. The van der Waals surface area contributed by atoms with Crippen LogP contribution in [0, 0.1) is 0 Å². The third-order valence-electron chi connectivity index (χ3n) is 3.41. The summed E-state index contributed by atoms with van der Waals surface area (Å²) in [6, 6.07) is 5.93. The molecule has 0 aliphatic heterocycles. The SMILES string of the molecule is Cn1cnc2c(=O)n(-c3ccc(Cl)cc3)c(OCCC(F)(F)F)nc21. The molecule has 132 valence electrons. The molecule has 2 aromatic heterocycles. The largest absolute Gasteiger partial charge is 0.464 e. The van der Waals surface area contributed by atoms with Crippen LogP contribution in [0.4, 0.5) is 13.2 Å². The van der Waals surface area contributed by atoms with Crippen molar-refractivity contribution in [2.24, 2.45) is 7.05 Å². The number of benzene rings is 1. The zero-order chi connectivity index (χ0) is 18.2. The summed E-state index contributed by atoms with van der Waals surface area (Å²) in [6.07, 6.45) is -4.14. The van der Waals surface area contributed by atoms with Crippen LogP contribution in [0.3, 0.4) is 0 Å². The molecule has 0 N–H and O–H groups in total. The quantitative estimate of drug-likeness (QED) is 0.706. The molecule has 2 heterocycles. The van der Waals surface area contributed by atoms with Gasteiger partial charge in [0, 0.05) is 12.1 Å². The van der Waals surface area contributed by atoms with Crippen molar-refractivity contribution in [3.05, 3.63) is 46.0 Å². The first-order valence-electron chi connectivity index (χ1n) is 7.16. The minimum absolute atomic E-state index is 0.0839. The van der Waals surface area contributed by atoms with Gasteiger partial charge in [-0.25, -0.2) is 9.55 Å². The average Bonchev–Trinajstić information content (AvgIpc) is 2.89. The van der Waals surface area contributed by atoms with E-state index in [2.05, 4.69) is 9.97 Å². The van der Waals surface area contributed by atoms with Gasteiger partial charge in [-0.3, -0.25) is 4.79 Å². The van der Waals surface area contributed by atoms with Gasteiger partial charge >= 0.3 is 12.2 Å². The molecule has 3 aromatic rings. The van der Waals surface area contributed by atoms with E-state index < -0.39 is 24.8 Å². The van der Waals surface area contributed by atoms with E-state index in [0.717, 1.165) is 4.57 Å². The van der Waals surface area contributed by atoms with Gasteiger partial charge in [-0.15, -0.1) is 0 Å². The van der Waals surface area contributed by atoms with E-state index in [-0.39, 0.29) is 17.2 Å². The Balaban J connectivity index is 2.11. The van der Waals surface area contributed by atoms with E-state index in [1.807, 2.05) is 0 Å². The highest BCUT2D eigenvalue weighted by molar-refractivity contribution is 6.30. The van der Waals surface area contributed by atoms with Gasteiger partial charge < -0.3 is 9.30 Å². The molecule has 25 heavy (non-hydrogen) atoms. The van der Waals surface area contributed by atoms with Crippen LogP contribution in [-0.2, 0) is 7.05 Å². The number of hydrogen-bond donors (Lipinski definition) is 0. The highest BCUT2D eigenvalue weighted by atomic mass is 35.5. The van der Waals surface area contributed by atoms with Gasteiger partial charge in [0.05, 0.1) is 18.4 Å². The first kappa shape index (κ1) is 17.3. The van der Waals surface area contributed by atoms with Crippen LogP contribution in [-0.4, -0.2) is 31.9 Å². The van der Waals surface area contributed by atoms with Crippen LogP contribution < -0.4 is 10.3 Å². The fourth-order valence-electron chi connectivity index (χ4n) is 2.21. The minimum atomic E-state index is -4.37. The van der Waals surface area contributed by atoms with Crippen molar-refractivity contribution in [1.82, 2.24) is 19.1 Å². The van der Waals surface area contributed by atoms with Gasteiger partial charge in [-0.2, -0.15) is 18.2 Å². The Hall–Kier alpha value is -2.55. The van der Waals surface area contributed by atoms with Gasteiger partial charge in [0.15, 0.2) is 11.2 Å². The maximum absolute atomic E-state index is 12.7. The molecular formula is C15H12ClF3N4O2. The first-order valence-corrected chi connectivity index (χ1v) is 7.53. The Morgan fingerprint density at radius 1 is 1.24 bits per heavy atom. The summed E-state index contributed by atoms with van der Waals surface area (Å²) in [5.41, 5.74) is 0.115. The molecule has 0 aliphatic rings. The second-order valence-electron chi connectivity index (χ2n) is 5.25. The Labute approximate surface area is 144 Å². The number of rotatable bonds is 4. The highest BCUT2D eigenvalue weighted by Gasteiger charge is 2.27. The zero-order valence-electron chi connectivity index (χ0n) is 12.9. The summed E-state index contributed by atoms with van der Waals surface area (Å²) < 4.78 is 44.9. The van der Waals surface area contributed by atoms with Crippen molar-refractivity contribution in [3.63, 3.8) is 0 Å². The summed E-state index contributed by atoms with van der Waals surface area (Å²) >= 11 is 5.84. The molecule has 0 amide bonds. The number of aryl methyl sites for hydroxylation is 1. The third-order valence-corrected chi connectivity index (χ3v) is 3.66. The molecule has 1 aromatic carbocycles. The lowest BCUT2D eigenvalue weighted by Gasteiger charge is -2.14. The van der Waals surface area contributed by atoms with Gasteiger partial charge in [-0.1, -0.05) is 11.6 Å². The Kier molecular flexibility index (Phi) is 4.42. The van der Waals surface area contributed by atoms with E-state index in [1.54, 1.807) is 19.2 Å². The Bertz CT molecular complexity index is 964. The fraction of sp³-hybridized carbons (Fsp3) is 0.267. The maximum Gasteiger partial charge on any atom is 0.392 e. The second-order valence-corrected chi connectivity index (χ2v) is 5.69. The van der Waals surface area contributed by atoms with Crippen LogP contribution in [0.25, 0.3) is 16.9 Å². The number of ether oxygens (including phenoxy) is 1. The number of hydrogen-bond acceptors (Lipinski definition) is 4. The van der Waals surface area contributed by atoms with Crippen LogP contribution >= 0.6 is 11.6 Å². The van der Waals surface area contributed by atoms with Gasteiger partial charge in [0.1, 0.15) is 6.61 Å². The van der Waals surface area contributed by atoms with Gasteiger partial charge in [-0.05, 0) is 24.3 Å². The standard InChI is InChI=1S/C15H12ClF3N4O2/c1-22-8-20-11-12(22)21-14(25-7-6-15(17,18)19)23(13(11)24)10-4-2-9(16)3-5-10/h2-5,8H,6-7H2,1H3. The number of imidazole rings is 1. The molecule has 0 radical (unpaired) electrons. The van der Waals surface area contributed by atoms with Crippen molar-refractivity contribution in [1.29, 1.82) is 0 Å². The van der Waals surface area contributed by atoms with Crippen LogP contribution in [0.15, 0.2) is 35.4 Å². The second kappa shape index (κ2) is 6.40. The number of nitrogens with zero attached hydrogens (tertiary/aromatic N) is 4. The molecule has 0 saturated carbocycles. The van der Waals surface area contributed by atoms with Crippen LogP contribution in [0.2, 0.25) is 5.02 Å². The summed E-state index contributed by atoms with van der Waals surface area (Å²) in [6.45, 7) is -0.660. The molecule has 0 bridgehead atoms. The van der Waals surface area contributed by atoms with E-state index >= 15 is 0 Å². The monoisotopic (exact) mass is 372 g/mol. The van der Waals surface area contributed by atoms with Crippen LogP contribution in [0.5, 0.6) is 6.01 Å². The zero-order valence-corrected chi connectivity index (χ0v) is 13.7. The molecule has 0 atom stereocenters. The summed E-state index contributed by atoms with van der Waals surface area (Å²) in [4.78, 5) is 20.9. The lowest BCUT2D eigenvalue weighted by molar-refractivity contribution is -0.139. The van der Waals surface area contributed by atoms with Crippen LogP contribution in [0.1, 0.15) is 6.42 Å². The molecule has 0 aliphatic carbocycles. The van der Waals surface area contributed by atoms with Crippen molar-refractivity contribution in [3.8, 4) is 11.7 Å². The summed E-state index contributed by atoms with van der Waals surface area (Å²) in [7, 11) is 1.62. The average molecular weight is 373 g/mol. The van der Waals surface area contributed by atoms with Gasteiger partial charge in [0.25, 0.3) is 5.56 Å². The van der Waals surface area contributed by atoms with Crippen molar-refractivity contribution in [2.75, 3.05) is 6.61 Å². The molecule has 0 saturated heterocycles. The fourth-order valence-corrected chi connectivity index (χ4v) is 2.34. The number of aromatic nitrogens is 4. The Morgan fingerprint density at radius 2 is 1.92 bits per heavy atom. The van der Waals surface area contributed by atoms with Crippen molar-refractivity contribution in [2.45, 2.75) is 12.6 Å². The molecule has 3 rings (SSSR count). The number of halogens is 4. The maximum atomic E-state index is 12.7. The molecular weight excluding hydrogens is 361 g/mol. The van der Waals surface area contributed by atoms with E-state index in [9.17, 15) is 18.0 Å². The minimum Gasteiger partial charge on any atom is -0.464 e.